The third kappa shape index (κ3) is 11.3. The van der Waals surface area contributed by atoms with Gasteiger partial charge in [-0.3, -0.25) is 4.79 Å². The summed E-state index contributed by atoms with van der Waals surface area (Å²) in [4.78, 5) is 12.2. The van der Waals surface area contributed by atoms with E-state index < -0.39 is 80.3 Å². The number of carbonyl (C=O) groups is 1. The van der Waals surface area contributed by atoms with Crippen LogP contribution in [0.25, 0.3) is 0 Å². The van der Waals surface area contributed by atoms with E-state index in [0.717, 1.165) is 38.5 Å². The molecule has 0 aliphatic carbocycles. The molecule has 2 aliphatic heterocycles. The summed E-state index contributed by atoms with van der Waals surface area (Å²) >= 11 is 0. The SMILES string of the molecule is CCCCCCCC/C=C\CCCCCCCC(=O)OCC1O[C@@H](O[C@]2(CO)O[C@](O)(CO)C(O)[C@H]2O)C(O)[C@H](O)[C@@H]1O. The van der Waals surface area contributed by atoms with Gasteiger partial charge in [0.1, 0.15) is 49.8 Å². The molecule has 252 valence electrons. The van der Waals surface area contributed by atoms with Crippen LogP contribution in [0.4, 0.5) is 0 Å². The maximum Gasteiger partial charge on any atom is 0.305 e. The van der Waals surface area contributed by atoms with Crippen molar-refractivity contribution < 1.29 is 64.6 Å². The first-order valence-electron chi connectivity index (χ1n) is 15.7. The number of hydrogen-bond donors (Lipinski definition) is 8. The molecule has 43 heavy (non-hydrogen) atoms. The molecule has 0 radical (unpaired) electrons. The van der Waals surface area contributed by atoms with E-state index in [1.165, 1.54) is 38.5 Å². The smallest absolute Gasteiger partial charge is 0.305 e. The van der Waals surface area contributed by atoms with Gasteiger partial charge in [0.15, 0.2) is 6.29 Å². The summed E-state index contributed by atoms with van der Waals surface area (Å²) in [5, 5.41) is 80.7. The minimum Gasteiger partial charge on any atom is -0.463 e. The van der Waals surface area contributed by atoms with E-state index >= 15 is 0 Å². The zero-order valence-electron chi connectivity index (χ0n) is 25.3. The fourth-order valence-corrected chi connectivity index (χ4v) is 5.23. The van der Waals surface area contributed by atoms with Crippen molar-refractivity contribution in [3.63, 3.8) is 0 Å². The van der Waals surface area contributed by atoms with Gasteiger partial charge in [0.2, 0.25) is 11.6 Å². The maximum atomic E-state index is 12.2. The topological polar surface area (TPSA) is 216 Å². The van der Waals surface area contributed by atoms with E-state index in [2.05, 4.69) is 19.1 Å². The van der Waals surface area contributed by atoms with Gasteiger partial charge in [-0.15, -0.1) is 0 Å². The molecule has 13 nitrogen and oxygen atoms in total. The molecule has 0 spiro atoms. The molecule has 2 rings (SSSR count). The zero-order valence-corrected chi connectivity index (χ0v) is 25.3. The number of unbranched alkanes of at least 4 members (excludes halogenated alkanes) is 11. The number of aliphatic hydroxyl groups excluding tert-OH is 7. The molecular weight excluding hydrogens is 568 g/mol. The Morgan fingerprint density at radius 2 is 1.35 bits per heavy atom. The Balaban J connectivity index is 1.67. The number of aliphatic hydroxyl groups is 8. The Morgan fingerprint density at radius 3 is 1.91 bits per heavy atom. The van der Waals surface area contributed by atoms with Gasteiger partial charge >= 0.3 is 5.97 Å². The number of allylic oxidation sites excluding steroid dienone is 2. The second kappa shape index (κ2) is 19.3. The van der Waals surface area contributed by atoms with Gasteiger partial charge in [-0.1, -0.05) is 70.4 Å². The van der Waals surface area contributed by atoms with Crippen molar-refractivity contribution in [1.82, 2.24) is 0 Å². The Morgan fingerprint density at radius 1 is 0.767 bits per heavy atom. The molecule has 9 atom stereocenters. The second-order valence-electron chi connectivity index (χ2n) is 11.6. The minimum absolute atomic E-state index is 0.150. The molecule has 0 saturated carbocycles. The lowest BCUT2D eigenvalue weighted by atomic mass is 9.98. The van der Waals surface area contributed by atoms with Crippen LogP contribution >= 0.6 is 0 Å². The van der Waals surface area contributed by atoms with Crippen molar-refractivity contribution >= 4 is 5.97 Å². The zero-order chi connectivity index (χ0) is 31.9. The summed E-state index contributed by atoms with van der Waals surface area (Å²) in [6.07, 6.45) is 6.47. The van der Waals surface area contributed by atoms with Gasteiger partial charge in [-0.05, 0) is 32.1 Å². The Labute approximate surface area is 254 Å². The quantitative estimate of drug-likeness (QED) is 0.0498. The summed E-state index contributed by atoms with van der Waals surface area (Å²) in [7, 11) is 0. The van der Waals surface area contributed by atoms with Crippen LogP contribution in [0.2, 0.25) is 0 Å². The minimum atomic E-state index is -2.70. The number of rotatable bonds is 21. The van der Waals surface area contributed by atoms with Crippen molar-refractivity contribution in [2.45, 2.75) is 151 Å². The molecule has 0 aromatic heterocycles. The van der Waals surface area contributed by atoms with Crippen molar-refractivity contribution in [2.75, 3.05) is 19.8 Å². The highest BCUT2D eigenvalue weighted by atomic mass is 16.8. The first-order chi connectivity index (χ1) is 20.5. The molecular formula is C30H54O13. The van der Waals surface area contributed by atoms with Crippen LogP contribution in [0.5, 0.6) is 0 Å². The average Bonchev–Trinajstić information content (AvgIpc) is 3.19. The maximum absolute atomic E-state index is 12.2. The predicted octanol–water partition coefficient (Wildman–Crippen LogP) is 0.513. The fourth-order valence-electron chi connectivity index (χ4n) is 5.23. The van der Waals surface area contributed by atoms with Crippen LogP contribution < -0.4 is 0 Å². The normalized spacial score (nSPS) is 34.7. The lowest BCUT2D eigenvalue weighted by Gasteiger charge is -2.43. The monoisotopic (exact) mass is 622 g/mol. The molecule has 2 fully saturated rings. The molecule has 0 bridgehead atoms. The summed E-state index contributed by atoms with van der Waals surface area (Å²) < 4.78 is 21.0. The van der Waals surface area contributed by atoms with Crippen LogP contribution in [0, 0.1) is 0 Å². The van der Waals surface area contributed by atoms with E-state index in [9.17, 15) is 45.6 Å². The first kappa shape index (κ1) is 38.0. The molecule has 2 aliphatic rings. The molecule has 2 saturated heterocycles. The average molecular weight is 623 g/mol. The van der Waals surface area contributed by atoms with Gasteiger partial charge in [-0.2, -0.15) is 0 Å². The van der Waals surface area contributed by atoms with Crippen LogP contribution in [0.3, 0.4) is 0 Å². The van der Waals surface area contributed by atoms with Crippen molar-refractivity contribution in [3.05, 3.63) is 12.2 Å². The van der Waals surface area contributed by atoms with E-state index in [1.807, 2.05) is 0 Å². The van der Waals surface area contributed by atoms with Crippen molar-refractivity contribution in [2.24, 2.45) is 0 Å². The number of esters is 1. The summed E-state index contributed by atoms with van der Waals surface area (Å²) in [6, 6.07) is 0. The van der Waals surface area contributed by atoms with Gasteiger partial charge < -0.3 is 59.8 Å². The van der Waals surface area contributed by atoms with E-state index in [-0.39, 0.29) is 6.42 Å². The van der Waals surface area contributed by atoms with E-state index in [4.69, 9.17) is 18.9 Å². The third-order valence-electron chi connectivity index (χ3n) is 8.04. The molecule has 3 unspecified atom stereocenters. The van der Waals surface area contributed by atoms with E-state index in [1.54, 1.807) is 0 Å². The highest BCUT2D eigenvalue weighted by Crippen LogP contribution is 2.40. The molecule has 0 aromatic rings. The van der Waals surface area contributed by atoms with Crippen LogP contribution in [-0.4, -0.2) is 121 Å². The Bertz CT molecular complexity index is 813. The first-order valence-corrected chi connectivity index (χ1v) is 15.7. The Hall–Kier alpha value is -1.23. The lowest BCUT2D eigenvalue weighted by Crippen LogP contribution is -2.63. The van der Waals surface area contributed by atoms with Crippen LogP contribution in [-0.2, 0) is 23.7 Å². The highest BCUT2D eigenvalue weighted by molar-refractivity contribution is 5.69. The van der Waals surface area contributed by atoms with Crippen molar-refractivity contribution in [3.8, 4) is 0 Å². The molecule has 8 N–H and O–H groups in total. The molecule has 0 aromatic carbocycles. The fraction of sp³-hybridized carbons (Fsp3) is 0.900. The molecule has 2 heterocycles. The third-order valence-corrected chi connectivity index (χ3v) is 8.04. The molecule has 13 heteroatoms. The summed E-state index contributed by atoms with van der Waals surface area (Å²) in [5.41, 5.74) is 0. The van der Waals surface area contributed by atoms with Gasteiger partial charge in [-0.25, -0.2) is 0 Å². The number of ether oxygens (including phenoxy) is 4. The lowest BCUT2D eigenvalue weighted by molar-refractivity contribution is -0.404. The Kier molecular flexibility index (Phi) is 17.1. The van der Waals surface area contributed by atoms with Crippen molar-refractivity contribution in [1.29, 1.82) is 0 Å². The largest absolute Gasteiger partial charge is 0.463 e. The van der Waals surface area contributed by atoms with Crippen LogP contribution in [0.15, 0.2) is 12.2 Å². The second-order valence-corrected chi connectivity index (χ2v) is 11.6. The van der Waals surface area contributed by atoms with Gasteiger partial charge in [0.25, 0.3) is 0 Å². The summed E-state index contributed by atoms with van der Waals surface area (Å²) in [6.45, 7) is -0.592. The standard InChI is InChI=1S/C30H54O13/c1-2-3-4-5-6-7-8-9-10-11-12-13-14-15-16-17-22(33)40-18-21-23(34)24(35)25(36)28(41-21)42-30(20-32)27(38)26(37)29(39,19-31)43-30/h9-10,21,23-28,31-32,34-39H,2-8,11-20H2,1H3/b10-9-/t21?,23-,24-,25?,26?,27-,28+,29-,30-/m1/s1. The van der Waals surface area contributed by atoms with Gasteiger partial charge in [0, 0.05) is 6.42 Å². The highest BCUT2D eigenvalue weighted by Gasteiger charge is 2.64. The van der Waals surface area contributed by atoms with Crippen LogP contribution in [0.1, 0.15) is 96.8 Å². The molecule has 0 amide bonds. The van der Waals surface area contributed by atoms with E-state index in [0.29, 0.717) is 6.42 Å². The van der Waals surface area contributed by atoms with Gasteiger partial charge in [0.05, 0.1) is 6.61 Å². The number of carbonyl (C=O) groups excluding carboxylic acids is 1. The summed E-state index contributed by atoms with van der Waals surface area (Å²) in [5.74, 6) is -5.79. The number of hydrogen-bond acceptors (Lipinski definition) is 13. The predicted molar refractivity (Wildman–Crippen MR) is 153 cm³/mol.